The average molecular weight is 321 g/mol. The lowest BCUT2D eigenvalue weighted by Gasteiger charge is -2.17. The minimum Gasteiger partial charge on any atom is -0.349 e. The van der Waals surface area contributed by atoms with E-state index in [0.717, 1.165) is 10.5 Å². The Balaban J connectivity index is 1.92. The number of hydrogen-bond acceptors (Lipinski definition) is 3. The molecule has 0 aliphatic heterocycles. The van der Waals surface area contributed by atoms with Crippen LogP contribution >= 0.6 is 23.4 Å². The van der Waals surface area contributed by atoms with E-state index in [9.17, 15) is 4.79 Å². The highest BCUT2D eigenvalue weighted by Crippen LogP contribution is 2.25. The number of halogens is 1. The first kappa shape index (κ1) is 15.9. The lowest BCUT2D eigenvalue weighted by Crippen LogP contribution is -2.33. The third-order valence-electron chi connectivity index (χ3n) is 3.04. The molecule has 1 amide bonds. The highest BCUT2D eigenvalue weighted by molar-refractivity contribution is 8.00. The second-order valence-electron chi connectivity index (χ2n) is 4.73. The first-order chi connectivity index (χ1) is 10.1. The van der Waals surface area contributed by atoms with Crippen molar-refractivity contribution in [1.82, 2.24) is 10.3 Å². The summed E-state index contributed by atoms with van der Waals surface area (Å²) in [5.41, 5.74) is 0.995. The largest absolute Gasteiger partial charge is 0.349 e. The molecule has 2 unspecified atom stereocenters. The molecule has 0 saturated carbocycles. The van der Waals surface area contributed by atoms with Crippen LogP contribution in [0.2, 0.25) is 5.02 Å². The van der Waals surface area contributed by atoms with Gasteiger partial charge in [-0.2, -0.15) is 0 Å². The predicted molar refractivity (Wildman–Crippen MR) is 87.6 cm³/mol. The number of rotatable bonds is 5. The van der Waals surface area contributed by atoms with Gasteiger partial charge in [0.1, 0.15) is 0 Å². The number of thioether (sulfide) groups is 1. The van der Waals surface area contributed by atoms with Crippen molar-refractivity contribution < 1.29 is 4.79 Å². The van der Waals surface area contributed by atoms with Crippen LogP contribution in [-0.4, -0.2) is 16.1 Å². The van der Waals surface area contributed by atoms with E-state index >= 15 is 0 Å². The van der Waals surface area contributed by atoms with Crippen LogP contribution in [0, 0.1) is 0 Å². The van der Waals surface area contributed by atoms with Crippen molar-refractivity contribution in [1.29, 1.82) is 0 Å². The standard InChI is InChI=1S/C16H17ClN2OS/c1-11(13-4-3-9-18-10-13)19-16(20)12(2)21-15-7-5-14(17)6-8-15/h3-12H,1-2H3,(H,19,20). The van der Waals surface area contributed by atoms with E-state index in [1.54, 1.807) is 12.4 Å². The summed E-state index contributed by atoms with van der Waals surface area (Å²) < 4.78 is 0. The first-order valence-electron chi connectivity index (χ1n) is 6.69. The SMILES string of the molecule is CC(Sc1ccc(Cl)cc1)C(=O)NC(C)c1cccnc1. The van der Waals surface area contributed by atoms with Gasteiger partial charge in [-0.25, -0.2) is 0 Å². The lowest BCUT2D eigenvalue weighted by molar-refractivity contribution is -0.120. The van der Waals surface area contributed by atoms with E-state index < -0.39 is 0 Å². The number of carbonyl (C=O) groups excluding carboxylic acids is 1. The molecule has 0 bridgehead atoms. The number of benzene rings is 1. The molecule has 2 aromatic rings. The van der Waals surface area contributed by atoms with Crippen molar-refractivity contribution >= 4 is 29.3 Å². The van der Waals surface area contributed by atoms with Crippen molar-refractivity contribution in [3.63, 3.8) is 0 Å². The maximum absolute atomic E-state index is 12.2. The zero-order valence-electron chi connectivity index (χ0n) is 11.9. The maximum atomic E-state index is 12.2. The van der Waals surface area contributed by atoms with Gasteiger partial charge in [0.2, 0.25) is 5.91 Å². The fraction of sp³-hybridized carbons (Fsp3) is 0.250. The predicted octanol–water partition coefficient (Wildman–Crippen LogP) is 4.09. The van der Waals surface area contributed by atoms with Crippen LogP contribution in [-0.2, 0) is 4.79 Å². The molecule has 3 nitrogen and oxygen atoms in total. The molecule has 0 aliphatic rings. The highest BCUT2D eigenvalue weighted by atomic mass is 35.5. The fourth-order valence-electron chi connectivity index (χ4n) is 1.82. The van der Waals surface area contributed by atoms with Crippen LogP contribution in [0.15, 0.2) is 53.7 Å². The van der Waals surface area contributed by atoms with E-state index in [1.165, 1.54) is 11.8 Å². The van der Waals surface area contributed by atoms with Crippen LogP contribution in [0.5, 0.6) is 0 Å². The molecule has 1 N–H and O–H groups in total. The Bertz CT molecular complexity index is 589. The monoisotopic (exact) mass is 320 g/mol. The van der Waals surface area contributed by atoms with Gasteiger partial charge in [-0.05, 0) is 49.7 Å². The lowest BCUT2D eigenvalue weighted by atomic mass is 10.1. The molecule has 1 aromatic heterocycles. The first-order valence-corrected chi connectivity index (χ1v) is 7.94. The van der Waals surface area contributed by atoms with E-state index in [0.29, 0.717) is 5.02 Å². The molecule has 5 heteroatoms. The molecule has 0 fully saturated rings. The van der Waals surface area contributed by atoms with Gasteiger partial charge in [0, 0.05) is 22.3 Å². The molecular formula is C16H17ClN2OS. The minimum absolute atomic E-state index is 0.00584. The highest BCUT2D eigenvalue weighted by Gasteiger charge is 2.17. The summed E-state index contributed by atoms with van der Waals surface area (Å²) in [5, 5.41) is 3.52. The third kappa shape index (κ3) is 4.76. The molecule has 0 aliphatic carbocycles. The fourth-order valence-corrected chi connectivity index (χ4v) is 2.82. The second kappa shape index (κ2) is 7.48. The summed E-state index contributed by atoms with van der Waals surface area (Å²) >= 11 is 7.36. The van der Waals surface area contributed by atoms with Crippen molar-refractivity contribution in [3.8, 4) is 0 Å². The molecule has 21 heavy (non-hydrogen) atoms. The minimum atomic E-state index is -0.176. The second-order valence-corrected chi connectivity index (χ2v) is 6.58. The van der Waals surface area contributed by atoms with Gasteiger partial charge in [-0.15, -0.1) is 11.8 Å². The number of carbonyl (C=O) groups is 1. The van der Waals surface area contributed by atoms with Gasteiger partial charge in [-0.3, -0.25) is 9.78 Å². The molecule has 0 radical (unpaired) electrons. The van der Waals surface area contributed by atoms with Gasteiger partial charge >= 0.3 is 0 Å². The van der Waals surface area contributed by atoms with Crippen LogP contribution in [0.25, 0.3) is 0 Å². The summed E-state index contributed by atoms with van der Waals surface area (Å²) in [4.78, 5) is 17.3. The number of pyridine rings is 1. The maximum Gasteiger partial charge on any atom is 0.233 e. The Hall–Kier alpha value is -1.52. The molecule has 2 rings (SSSR count). The summed E-state index contributed by atoms with van der Waals surface area (Å²) in [6.07, 6.45) is 3.49. The van der Waals surface area contributed by atoms with Crippen LogP contribution in [0.4, 0.5) is 0 Å². The van der Waals surface area contributed by atoms with E-state index in [1.807, 2.05) is 50.2 Å². The smallest absolute Gasteiger partial charge is 0.233 e. The van der Waals surface area contributed by atoms with E-state index in [4.69, 9.17) is 11.6 Å². The summed E-state index contributed by atoms with van der Waals surface area (Å²) in [5.74, 6) is 0.00584. The Morgan fingerprint density at radius 3 is 2.57 bits per heavy atom. The zero-order valence-corrected chi connectivity index (χ0v) is 13.5. The van der Waals surface area contributed by atoms with Gasteiger partial charge < -0.3 is 5.32 Å². The topological polar surface area (TPSA) is 42.0 Å². The molecular weight excluding hydrogens is 304 g/mol. The van der Waals surface area contributed by atoms with Crippen molar-refractivity contribution in [2.24, 2.45) is 0 Å². The third-order valence-corrected chi connectivity index (χ3v) is 4.40. The summed E-state index contributed by atoms with van der Waals surface area (Å²) in [6.45, 7) is 3.85. The Morgan fingerprint density at radius 1 is 1.24 bits per heavy atom. The molecule has 1 heterocycles. The van der Waals surface area contributed by atoms with Crippen molar-refractivity contribution in [2.75, 3.05) is 0 Å². The number of nitrogens with one attached hydrogen (secondary N) is 1. The number of nitrogens with zero attached hydrogens (tertiary/aromatic N) is 1. The molecule has 0 saturated heterocycles. The average Bonchev–Trinajstić information content (AvgIpc) is 2.50. The van der Waals surface area contributed by atoms with Crippen LogP contribution in [0.3, 0.4) is 0 Å². The van der Waals surface area contributed by atoms with Gasteiger partial charge in [-0.1, -0.05) is 17.7 Å². The molecule has 110 valence electrons. The Morgan fingerprint density at radius 2 is 1.95 bits per heavy atom. The quantitative estimate of drug-likeness (QED) is 0.844. The number of hydrogen-bond donors (Lipinski definition) is 1. The molecule has 0 spiro atoms. The van der Waals surface area contributed by atoms with E-state index in [2.05, 4.69) is 10.3 Å². The Labute approximate surface area is 134 Å². The summed E-state index contributed by atoms with van der Waals surface area (Å²) in [7, 11) is 0. The normalized spacial score (nSPS) is 13.5. The van der Waals surface area contributed by atoms with Crippen molar-refractivity contribution in [3.05, 3.63) is 59.4 Å². The Kier molecular flexibility index (Phi) is 5.65. The van der Waals surface area contributed by atoms with Crippen LogP contribution in [0.1, 0.15) is 25.5 Å². The van der Waals surface area contributed by atoms with E-state index in [-0.39, 0.29) is 17.2 Å². The van der Waals surface area contributed by atoms with Gasteiger partial charge in [0.15, 0.2) is 0 Å². The summed E-state index contributed by atoms with van der Waals surface area (Å²) in [6, 6.07) is 11.3. The molecule has 2 atom stereocenters. The number of aromatic nitrogens is 1. The van der Waals surface area contributed by atoms with Gasteiger partial charge in [0.05, 0.1) is 11.3 Å². The zero-order chi connectivity index (χ0) is 15.2. The number of amides is 1. The van der Waals surface area contributed by atoms with Gasteiger partial charge in [0.25, 0.3) is 0 Å². The molecule has 1 aromatic carbocycles. The van der Waals surface area contributed by atoms with Crippen LogP contribution < -0.4 is 5.32 Å². The van der Waals surface area contributed by atoms with Crippen molar-refractivity contribution in [2.45, 2.75) is 30.0 Å².